The molecule has 0 aliphatic carbocycles. The minimum atomic E-state index is -0.692. The van der Waals surface area contributed by atoms with E-state index in [1.54, 1.807) is 12.1 Å². The highest BCUT2D eigenvalue weighted by atomic mass is 79.9. The zero-order valence-electron chi connectivity index (χ0n) is 15.2. The number of nitrogens with one attached hydrogen (secondary N) is 2. The highest BCUT2D eigenvalue weighted by Gasteiger charge is 2.15. The molecule has 0 bridgehead atoms. The van der Waals surface area contributed by atoms with Crippen LogP contribution >= 0.6 is 15.9 Å². The van der Waals surface area contributed by atoms with Crippen molar-refractivity contribution in [1.29, 1.82) is 0 Å². The number of nitrogens with zero attached hydrogens (tertiary/aromatic N) is 2. The summed E-state index contributed by atoms with van der Waals surface area (Å²) in [6, 6.07) is 12.1. The van der Waals surface area contributed by atoms with E-state index < -0.39 is 11.9 Å². The number of rotatable bonds is 4. The van der Waals surface area contributed by atoms with Gasteiger partial charge in [0.25, 0.3) is 5.91 Å². The predicted octanol–water partition coefficient (Wildman–Crippen LogP) is 4.61. The van der Waals surface area contributed by atoms with Gasteiger partial charge in [0.2, 0.25) is 5.88 Å². The molecule has 8 heteroatoms. The van der Waals surface area contributed by atoms with Gasteiger partial charge in [-0.2, -0.15) is 0 Å². The van der Waals surface area contributed by atoms with Crippen LogP contribution in [0.3, 0.4) is 0 Å². The van der Waals surface area contributed by atoms with Crippen LogP contribution in [0.4, 0.5) is 10.6 Å². The van der Waals surface area contributed by atoms with Crippen LogP contribution in [0.5, 0.6) is 11.6 Å². The number of urea groups is 1. The molecule has 0 saturated heterocycles. The summed E-state index contributed by atoms with van der Waals surface area (Å²) < 4.78 is 6.46. The van der Waals surface area contributed by atoms with Crippen molar-refractivity contribution in [2.45, 2.75) is 13.8 Å². The Kier molecular flexibility index (Phi) is 6.00. The molecule has 0 saturated carbocycles. The number of imide groups is 1. The maximum atomic E-state index is 12.3. The van der Waals surface area contributed by atoms with Gasteiger partial charge in [0.05, 0.1) is 12.4 Å². The second kappa shape index (κ2) is 8.62. The van der Waals surface area contributed by atoms with Gasteiger partial charge in [0.1, 0.15) is 5.75 Å². The van der Waals surface area contributed by atoms with E-state index in [0.717, 1.165) is 15.6 Å². The van der Waals surface area contributed by atoms with Crippen LogP contribution in [0.2, 0.25) is 0 Å². The van der Waals surface area contributed by atoms with Crippen molar-refractivity contribution in [3.05, 3.63) is 76.0 Å². The zero-order valence-corrected chi connectivity index (χ0v) is 16.8. The summed E-state index contributed by atoms with van der Waals surface area (Å²) in [7, 11) is 0. The Hall–Kier alpha value is -3.26. The van der Waals surface area contributed by atoms with Crippen molar-refractivity contribution in [1.82, 2.24) is 15.3 Å². The lowest BCUT2D eigenvalue weighted by Crippen LogP contribution is -2.35. The Morgan fingerprint density at radius 3 is 2.36 bits per heavy atom. The standard InChI is InChI=1S/C20H17BrN4O3/c1-12-5-3-6-13(2)18(12)19(26)25-20(27)24-16-10-23-17(11-22-16)28-15-8-4-7-14(21)9-15/h3-11H,1-2H3,(H2,22,24,25,26,27). The van der Waals surface area contributed by atoms with Crippen molar-refractivity contribution < 1.29 is 14.3 Å². The number of aryl methyl sites for hydroxylation is 2. The lowest BCUT2D eigenvalue weighted by Gasteiger charge is -2.10. The summed E-state index contributed by atoms with van der Waals surface area (Å²) in [6.45, 7) is 3.63. The van der Waals surface area contributed by atoms with E-state index in [4.69, 9.17) is 4.74 Å². The van der Waals surface area contributed by atoms with Gasteiger partial charge in [0, 0.05) is 10.0 Å². The molecule has 3 aromatic rings. The van der Waals surface area contributed by atoms with Gasteiger partial charge in [-0.05, 0) is 43.2 Å². The molecule has 3 amide bonds. The molecule has 0 atom stereocenters. The highest BCUT2D eigenvalue weighted by Crippen LogP contribution is 2.22. The number of anilines is 1. The SMILES string of the molecule is Cc1cccc(C)c1C(=O)NC(=O)Nc1cnc(Oc2cccc(Br)c2)cn1. The van der Waals surface area contributed by atoms with E-state index in [9.17, 15) is 9.59 Å². The van der Waals surface area contributed by atoms with Crippen LogP contribution in [-0.2, 0) is 0 Å². The highest BCUT2D eigenvalue weighted by molar-refractivity contribution is 9.10. The number of hydrogen-bond donors (Lipinski definition) is 2. The molecular weight excluding hydrogens is 424 g/mol. The van der Waals surface area contributed by atoms with Crippen molar-refractivity contribution in [2.75, 3.05) is 5.32 Å². The van der Waals surface area contributed by atoms with E-state index in [1.165, 1.54) is 12.4 Å². The number of aromatic nitrogens is 2. The molecule has 0 radical (unpaired) electrons. The largest absolute Gasteiger partial charge is 0.437 e. The molecule has 28 heavy (non-hydrogen) atoms. The molecule has 1 aromatic heterocycles. The monoisotopic (exact) mass is 440 g/mol. The maximum absolute atomic E-state index is 12.3. The third-order valence-electron chi connectivity index (χ3n) is 3.82. The van der Waals surface area contributed by atoms with E-state index in [0.29, 0.717) is 11.3 Å². The molecule has 2 aromatic carbocycles. The van der Waals surface area contributed by atoms with Gasteiger partial charge in [-0.1, -0.05) is 40.2 Å². The molecule has 0 aliphatic rings. The second-order valence-corrected chi connectivity index (χ2v) is 6.89. The Bertz CT molecular complexity index is 1000. The van der Waals surface area contributed by atoms with Crippen LogP contribution in [0.15, 0.2) is 59.3 Å². The third kappa shape index (κ3) is 4.92. The number of amides is 3. The molecule has 0 fully saturated rings. The second-order valence-electron chi connectivity index (χ2n) is 5.97. The Morgan fingerprint density at radius 2 is 1.71 bits per heavy atom. The fraction of sp³-hybridized carbons (Fsp3) is 0.100. The van der Waals surface area contributed by atoms with Crippen molar-refractivity contribution in [2.24, 2.45) is 0 Å². The number of carbonyl (C=O) groups excluding carboxylic acids is 2. The first-order chi connectivity index (χ1) is 13.4. The lowest BCUT2D eigenvalue weighted by molar-refractivity contribution is 0.0966. The molecule has 1 heterocycles. The fourth-order valence-electron chi connectivity index (χ4n) is 2.57. The van der Waals surface area contributed by atoms with Crippen molar-refractivity contribution in [3.63, 3.8) is 0 Å². The first kappa shape index (κ1) is 19.5. The minimum Gasteiger partial charge on any atom is -0.437 e. The predicted molar refractivity (Wildman–Crippen MR) is 109 cm³/mol. The van der Waals surface area contributed by atoms with E-state index in [1.807, 2.05) is 44.2 Å². The van der Waals surface area contributed by atoms with Crippen molar-refractivity contribution in [3.8, 4) is 11.6 Å². The van der Waals surface area contributed by atoms with Gasteiger partial charge in [-0.3, -0.25) is 15.4 Å². The molecule has 142 valence electrons. The molecule has 0 spiro atoms. The fourth-order valence-corrected chi connectivity index (χ4v) is 2.95. The molecule has 2 N–H and O–H groups in total. The summed E-state index contributed by atoms with van der Waals surface area (Å²) in [5.41, 5.74) is 2.06. The molecular formula is C20H17BrN4O3. The van der Waals surface area contributed by atoms with Gasteiger partial charge < -0.3 is 4.74 Å². The minimum absolute atomic E-state index is 0.188. The number of ether oxygens (including phenoxy) is 1. The van der Waals surface area contributed by atoms with Gasteiger partial charge in [-0.15, -0.1) is 0 Å². The van der Waals surface area contributed by atoms with Crippen LogP contribution in [0.1, 0.15) is 21.5 Å². The van der Waals surface area contributed by atoms with Crippen LogP contribution in [0, 0.1) is 13.8 Å². The summed E-state index contributed by atoms with van der Waals surface area (Å²) in [4.78, 5) is 32.6. The normalized spacial score (nSPS) is 10.2. The average Bonchev–Trinajstić information content (AvgIpc) is 2.63. The molecule has 0 aliphatic heterocycles. The Labute approximate surface area is 170 Å². The summed E-state index contributed by atoms with van der Waals surface area (Å²) in [5.74, 6) is 0.584. The average molecular weight is 441 g/mol. The molecule has 0 unspecified atom stereocenters. The van der Waals surface area contributed by atoms with E-state index in [-0.39, 0.29) is 11.7 Å². The zero-order chi connectivity index (χ0) is 20.1. The Balaban J connectivity index is 1.60. The third-order valence-corrected chi connectivity index (χ3v) is 4.32. The Morgan fingerprint density at radius 1 is 1.00 bits per heavy atom. The number of carbonyl (C=O) groups is 2. The quantitative estimate of drug-likeness (QED) is 0.617. The van der Waals surface area contributed by atoms with Gasteiger partial charge in [-0.25, -0.2) is 14.8 Å². The first-order valence-electron chi connectivity index (χ1n) is 8.36. The number of benzene rings is 2. The summed E-state index contributed by atoms with van der Waals surface area (Å²) in [6.07, 6.45) is 2.72. The van der Waals surface area contributed by atoms with Crippen LogP contribution in [0.25, 0.3) is 0 Å². The molecule has 7 nitrogen and oxygen atoms in total. The van der Waals surface area contributed by atoms with Crippen molar-refractivity contribution >= 4 is 33.7 Å². The van der Waals surface area contributed by atoms with E-state index in [2.05, 4.69) is 36.5 Å². The smallest absolute Gasteiger partial charge is 0.327 e. The number of hydrogen-bond acceptors (Lipinski definition) is 5. The topological polar surface area (TPSA) is 93.2 Å². The first-order valence-corrected chi connectivity index (χ1v) is 9.15. The summed E-state index contributed by atoms with van der Waals surface area (Å²) in [5, 5.41) is 4.77. The van der Waals surface area contributed by atoms with Gasteiger partial charge >= 0.3 is 6.03 Å². The van der Waals surface area contributed by atoms with Crippen LogP contribution in [-0.4, -0.2) is 21.9 Å². The molecule has 3 rings (SSSR count). The maximum Gasteiger partial charge on any atom is 0.327 e. The number of halogens is 1. The lowest BCUT2D eigenvalue weighted by atomic mass is 10.0. The van der Waals surface area contributed by atoms with Gasteiger partial charge in [0.15, 0.2) is 5.82 Å². The van der Waals surface area contributed by atoms with E-state index >= 15 is 0 Å². The van der Waals surface area contributed by atoms with Crippen LogP contribution < -0.4 is 15.4 Å². The summed E-state index contributed by atoms with van der Waals surface area (Å²) >= 11 is 3.36.